The van der Waals surface area contributed by atoms with E-state index in [4.69, 9.17) is 0 Å². The van der Waals surface area contributed by atoms with Gasteiger partial charge in [-0.15, -0.1) is 0 Å². The SMILES string of the molecule is CC(C)c1ccc2c(CCCCCS(=O)(=O)Nc3ccc(F)cc3)cc(C(=O)O)c-2cc1. The highest BCUT2D eigenvalue weighted by atomic mass is 32.2. The molecule has 0 aromatic heterocycles. The van der Waals surface area contributed by atoms with Gasteiger partial charge in [-0.3, -0.25) is 4.72 Å². The van der Waals surface area contributed by atoms with Crippen LogP contribution in [-0.2, 0) is 16.4 Å². The van der Waals surface area contributed by atoms with Crippen LogP contribution < -0.4 is 4.72 Å². The van der Waals surface area contributed by atoms with Crippen molar-refractivity contribution >= 4 is 21.7 Å². The summed E-state index contributed by atoms with van der Waals surface area (Å²) >= 11 is 0. The Morgan fingerprint density at radius 1 is 0.969 bits per heavy atom. The molecule has 0 spiro atoms. The highest BCUT2D eigenvalue weighted by Gasteiger charge is 2.19. The van der Waals surface area contributed by atoms with Crippen LogP contribution >= 0.6 is 0 Å². The van der Waals surface area contributed by atoms with Crippen molar-refractivity contribution in [2.24, 2.45) is 0 Å². The van der Waals surface area contributed by atoms with Crippen molar-refractivity contribution in [3.05, 3.63) is 77.1 Å². The number of fused-ring (bicyclic) bond motifs is 1. The number of unbranched alkanes of at least 4 members (excludes halogenated alkanes) is 2. The van der Waals surface area contributed by atoms with Gasteiger partial charge in [-0.25, -0.2) is 17.6 Å². The Labute approximate surface area is 188 Å². The van der Waals surface area contributed by atoms with Crippen LogP contribution in [0.3, 0.4) is 0 Å². The first-order valence-corrected chi connectivity index (χ1v) is 12.4. The standard InChI is InChI=1S/C25H28FNO4S/c1-17(2)18-7-13-22-19(16-24(25(28)29)23(22)14-8-18)6-4-3-5-15-32(30,31)27-21-11-9-20(26)10-12-21/h7-14,16-17,27H,3-6,15H2,1-2H3,(H,28,29). The first-order chi connectivity index (χ1) is 15.2. The molecule has 0 saturated carbocycles. The second-order valence-corrected chi connectivity index (χ2v) is 10.1. The molecule has 1 aromatic carbocycles. The molecule has 32 heavy (non-hydrogen) atoms. The maximum Gasteiger partial charge on any atom is 0.336 e. The summed E-state index contributed by atoms with van der Waals surface area (Å²) in [5.41, 5.74) is 4.40. The van der Waals surface area contributed by atoms with Crippen LogP contribution in [0, 0.1) is 5.82 Å². The molecule has 0 bridgehead atoms. The van der Waals surface area contributed by atoms with E-state index in [1.165, 1.54) is 24.3 Å². The topological polar surface area (TPSA) is 83.5 Å². The Bertz CT molecular complexity index is 1160. The molecular weight excluding hydrogens is 429 g/mol. The number of carboxylic acid groups (broad SMARTS) is 1. The van der Waals surface area contributed by atoms with Gasteiger partial charge in [0.25, 0.3) is 0 Å². The first-order valence-electron chi connectivity index (χ1n) is 10.7. The van der Waals surface area contributed by atoms with E-state index in [1.54, 1.807) is 6.07 Å². The zero-order valence-electron chi connectivity index (χ0n) is 18.3. The quantitative estimate of drug-likeness (QED) is 0.371. The molecule has 2 aliphatic carbocycles. The molecule has 0 atom stereocenters. The lowest BCUT2D eigenvalue weighted by atomic mass is 10.0. The number of nitrogens with one attached hydrogen (secondary N) is 1. The minimum Gasteiger partial charge on any atom is -0.478 e. The Kier molecular flexibility index (Phi) is 7.51. The predicted molar refractivity (Wildman–Crippen MR) is 125 cm³/mol. The van der Waals surface area contributed by atoms with Crippen molar-refractivity contribution in [1.29, 1.82) is 0 Å². The molecule has 7 heteroatoms. The van der Waals surface area contributed by atoms with E-state index in [-0.39, 0.29) is 5.75 Å². The van der Waals surface area contributed by atoms with Crippen LogP contribution in [0.25, 0.3) is 11.1 Å². The normalized spacial score (nSPS) is 11.8. The number of hydrogen-bond acceptors (Lipinski definition) is 3. The van der Waals surface area contributed by atoms with Gasteiger partial charge < -0.3 is 5.11 Å². The van der Waals surface area contributed by atoms with Gasteiger partial charge in [-0.1, -0.05) is 44.5 Å². The minimum atomic E-state index is -3.51. The van der Waals surface area contributed by atoms with Gasteiger partial charge >= 0.3 is 5.97 Å². The van der Waals surface area contributed by atoms with Crippen LogP contribution in [0.2, 0.25) is 0 Å². The van der Waals surface area contributed by atoms with Gasteiger partial charge in [0.05, 0.1) is 11.3 Å². The summed E-state index contributed by atoms with van der Waals surface area (Å²) < 4.78 is 39.9. The zero-order chi connectivity index (χ0) is 23.3. The number of aryl methyl sites for hydroxylation is 1. The highest BCUT2D eigenvalue weighted by molar-refractivity contribution is 7.92. The maximum absolute atomic E-state index is 13.0. The molecule has 2 aliphatic rings. The van der Waals surface area contributed by atoms with Crippen LogP contribution in [0.5, 0.6) is 0 Å². The summed E-state index contributed by atoms with van der Waals surface area (Å²) in [5.74, 6) is -1.06. The molecule has 0 unspecified atom stereocenters. The van der Waals surface area contributed by atoms with Gasteiger partial charge in [0.15, 0.2) is 0 Å². The fourth-order valence-corrected chi connectivity index (χ4v) is 4.92. The molecule has 0 saturated heterocycles. The van der Waals surface area contributed by atoms with E-state index in [0.717, 1.165) is 28.7 Å². The Hall–Kier alpha value is -2.93. The second-order valence-electron chi connectivity index (χ2n) is 8.28. The van der Waals surface area contributed by atoms with Crippen LogP contribution in [0.15, 0.2) is 54.6 Å². The van der Waals surface area contributed by atoms with Crippen molar-refractivity contribution in [3.8, 4) is 11.1 Å². The maximum atomic E-state index is 13.0. The Morgan fingerprint density at radius 3 is 2.25 bits per heavy atom. The number of anilines is 1. The molecule has 170 valence electrons. The van der Waals surface area contributed by atoms with Crippen molar-refractivity contribution in [1.82, 2.24) is 0 Å². The number of carbonyl (C=O) groups is 1. The molecule has 2 N–H and O–H groups in total. The molecular formula is C25H28FNO4S. The van der Waals surface area contributed by atoms with Gasteiger partial charge in [0.2, 0.25) is 10.0 Å². The number of aromatic carboxylic acids is 1. The van der Waals surface area contributed by atoms with E-state index in [2.05, 4.69) is 18.6 Å². The third kappa shape index (κ3) is 6.07. The number of halogens is 1. The van der Waals surface area contributed by atoms with Crippen molar-refractivity contribution < 1.29 is 22.7 Å². The van der Waals surface area contributed by atoms with Crippen LogP contribution in [-0.4, -0.2) is 25.2 Å². The number of hydrogen-bond donors (Lipinski definition) is 2. The lowest BCUT2D eigenvalue weighted by molar-refractivity contribution is 0.0698. The monoisotopic (exact) mass is 457 g/mol. The average molecular weight is 458 g/mol. The van der Waals surface area contributed by atoms with E-state index in [9.17, 15) is 22.7 Å². The number of sulfonamides is 1. The Balaban J connectivity index is 1.60. The van der Waals surface area contributed by atoms with E-state index in [1.807, 2.05) is 24.3 Å². The summed E-state index contributed by atoms with van der Waals surface area (Å²) in [6.07, 6.45) is 2.60. The van der Waals surface area contributed by atoms with Crippen LogP contribution in [0.4, 0.5) is 10.1 Å². The molecule has 0 radical (unpaired) electrons. The Morgan fingerprint density at radius 2 is 1.62 bits per heavy atom. The summed E-state index contributed by atoms with van der Waals surface area (Å²) in [5, 5.41) is 9.60. The molecule has 0 heterocycles. The number of rotatable bonds is 10. The summed E-state index contributed by atoms with van der Waals surface area (Å²) in [6, 6.07) is 14.8. The predicted octanol–water partition coefficient (Wildman–Crippen LogP) is 5.91. The van der Waals surface area contributed by atoms with E-state index >= 15 is 0 Å². The summed E-state index contributed by atoms with van der Waals surface area (Å²) in [6.45, 7) is 4.19. The number of benzene rings is 1. The fraction of sp³-hybridized carbons (Fsp3) is 0.320. The van der Waals surface area contributed by atoms with Gasteiger partial charge in [-0.2, -0.15) is 0 Å². The van der Waals surface area contributed by atoms with E-state index < -0.39 is 21.8 Å². The molecule has 1 aromatic rings. The van der Waals surface area contributed by atoms with Gasteiger partial charge in [0, 0.05) is 5.69 Å². The molecule has 5 nitrogen and oxygen atoms in total. The van der Waals surface area contributed by atoms with Crippen molar-refractivity contribution in [3.63, 3.8) is 0 Å². The van der Waals surface area contributed by atoms with Crippen molar-refractivity contribution in [2.75, 3.05) is 10.5 Å². The van der Waals surface area contributed by atoms with E-state index in [0.29, 0.717) is 36.4 Å². The van der Waals surface area contributed by atoms with Crippen LogP contribution in [0.1, 0.15) is 60.5 Å². The van der Waals surface area contributed by atoms with Gasteiger partial charge in [-0.05, 0) is 77.8 Å². The third-order valence-corrected chi connectivity index (χ3v) is 6.88. The number of carboxylic acids is 1. The highest BCUT2D eigenvalue weighted by Crippen LogP contribution is 2.34. The second kappa shape index (κ2) is 10.1. The molecule has 0 aliphatic heterocycles. The summed E-state index contributed by atoms with van der Waals surface area (Å²) in [4.78, 5) is 11.7. The lowest BCUT2D eigenvalue weighted by Crippen LogP contribution is -2.16. The smallest absolute Gasteiger partial charge is 0.336 e. The lowest BCUT2D eigenvalue weighted by Gasteiger charge is -2.08. The third-order valence-electron chi connectivity index (χ3n) is 5.50. The average Bonchev–Trinajstić information content (AvgIpc) is 2.91. The minimum absolute atomic E-state index is 0.0286. The summed E-state index contributed by atoms with van der Waals surface area (Å²) in [7, 11) is -3.51. The first kappa shape index (κ1) is 23.7. The molecule has 0 fully saturated rings. The largest absolute Gasteiger partial charge is 0.478 e. The molecule has 3 rings (SSSR count). The van der Waals surface area contributed by atoms with Crippen molar-refractivity contribution in [2.45, 2.75) is 45.4 Å². The molecule has 0 amide bonds. The fourth-order valence-electron chi connectivity index (χ4n) is 3.74. The van der Waals surface area contributed by atoms with Gasteiger partial charge in [0.1, 0.15) is 5.82 Å². The zero-order valence-corrected chi connectivity index (χ0v) is 19.1.